The van der Waals surface area contributed by atoms with Crippen molar-refractivity contribution in [3.8, 4) is 12.3 Å². The number of aliphatic hydroxyl groups is 1. The van der Waals surface area contributed by atoms with E-state index in [9.17, 15) is 9.90 Å². The molecule has 10 heteroatoms. The lowest BCUT2D eigenvalue weighted by molar-refractivity contribution is -0.136. The van der Waals surface area contributed by atoms with Crippen LogP contribution in [-0.2, 0) is 9.53 Å². The molecule has 0 aromatic heterocycles. The fraction of sp³-hybridized carbons (Fsp3) is 0.800. The van der Waals surface area contributed by atoms with Gasteiger partial charge in [0.25, 0.3) is 0 Å². The second kappa shape index (κ2) is 10.1. The van der Waals surface area contributed by atoms with Crippen molar-refractivity contribution < 1.29 is 34.2 Å². The third-order valence-electron chi connectivity index (χ3n) is 3.58. The number of nitrogens with one attached hydrogen (secondary N) is 1. The van der Waals surface area contributed by atoms with Crippen LogP contribution in [0.4, 0.5) is 0 Å². The van der Waals surface area contributed by atoms with Crippen molar-refractivity contribution in [2.24, 2.45) is 5.41 Å². The Morgan fingerprint density at radius 2 is 1.68 bits per heavy atom. The molecule has 0 heterocycles. The number of hydrogen-bond donors (Lipinski definition) is 6. The summed E-state index contributed by atoms with van der Waals surface area (Å²) < 4.78 is 5.71. The number of ether oxygens (including phenoxy) is 1. The zero-order valence-corrected chi connectivity index (χ0v) is 16.8. The van der Waals surface area contributed by atoms with Crippen LogP contribution in [-0.4, -0.2) is 54.4 Å². The predicted octanol–water partition coefficient (Wildman–Crippen LogP) is 0.967. The minimum Gasteiger partial charge on any atom is -0.373 e. The molecular formula is C15H29NO7P2. The normalized spacial score (nSPS) is 13.2. The first kappa shape index (κ1) is 24.7. The van der Waals surface area contributed by atoms with E-state index < -0.39 is 32.9 Å². The molecule has 0 radical (unpaired) electrons. The van der Waals surface area contributed by atoms with E-state index in [-0.39, 0.29) is 31.9 Å². The van der Waals surface area contributed by atoms with Crippen molar-refractivity contribution in [3.05, 3.63) is 0 Å². The van der Waals surface area contributed by atoms with Gasteiger partial charge in [-0.15, -0.1) is 12.3 Å². The maximum atomic E-state index is 12.2. The number of rotatable bonds is 11. The Balaban J connectivity index is 4.43. The van der Waals surface area contributed by atoms with Crippen LogP contribution < -0.4 is 5.32 Å². The highest BCUT2D eigenvalue weighted by molar-refractivity contribution is 7.65. The Labute approximate surface area is 151 Å². The summed E-state index contributed by atoms with van der Waals surface area (Å²) in [6.45, 7) is 7.40. The van der Waals surface area contributed by atoms with Crippen LogP contribution >= 0.6 is 16.8 Å². The number of amides is 1. The maximum Gasteiger partial charge on any atom is 0.227 e. The van der Waals surface area contributed by atoms with E-state index in [1.54, 1.807) is 13.8 Å². The first-order chi connectivity index (χ1) is 11.3. The lowest BCUT2D eigenvalue weighted by atomic mass is 9.93. The van der Waals surface area contributed by atoms with Crippen LogP contribution in [0.1, 0.15) is 47.0 Å². The fourth-order valence-corrected chi connectivity index (χ4v) is 3.14. The molecule has 0 unspecified atom stereocenters. The molecule has 0 atom stereocenters. The standard InChI is InChI=1S/C15H29NO7P2/c1-6-8-14(4,5)23-11-13(2,3)12(17)16-10-7-9-15(18,24(19)20)25(21)22/h1,18-22H,7-11H2,2-5H3,(H,16,17). The molecule has 0 fully saturated rings. The molecule has 6 N–H and O–H groups in total. The van der Waals surface area contributed by atoms with Crippen LogP contribution in [0.5, 0.6) is 0 Å². The van der Waals surface area contributed by atoms with E-state index in [1.807, 2.05) is 13.8 Å². The molecular weight excluding hydrogens is 368 g/mol. The van der Waals surface area contributed by atoms with Gasteiger partial charge < -0.3 is 34.7 Å². The second-order valence-electron chi connectivity index (χ2n) is 7.03. The Bertz CT molecular complexity index is 467. The second-order valence-corrected chi connectivity index (χ2v) is 10.0. The topological polar surface area (TPSA) is 139 Å². The van der Waals surface area contributed by atoms with Crippen LogP contribution in [0.2, 0.25) is 0 Å². The molecule has 0 aromatic carbocycles. The van der Waals surface area contributed by atoms with E-state index in [4.69, 9.17) is 30.7 Å². The summed E-state index contributed by atoms with van der Waals surface area (Å²) in [5.74, 6) is 2.24. The van der Waals surface area contributed by atoms with Gasteiger partial charge in [0.15, 0.2) is 0 Å². The molecule has 0 spiro atoms. The van der Waals surface area contributed by atoms with Gasteiger partial charge in [0.2, 0.25) is 27.7 Å². The van der Waals surface area contributed by atoms with E-state index in [2.05, 4.69) is 11.2 Å². The summed E-state index contributed by atoms with van der Waals surface area (Å²) in [5.41, 5.74) is -1.36. The zero-order chi connectivity index (χ0) is 19.9. The van der Waals surface area contributed by atoms with Crippen LogP contribution in [0.3, 0.4) is 0 Å². The Hall–Kier alpha value is -0.350. The lowest BCUT2D eigenvalue weighted by Crippen LogP contribution is -2.42. The number of hydrogen-bond acceptors (Lipinski definition) is 7. The highest BCUT2D eigenvalue weighted by Crippen LogP contribution is 2.59. The number of carbonyl (C=O) groups excluding carboxylic acids is 1. The molecule has 0 aliphatic carbocycles. The van der Waals surface area contributed by atoms with E-state index in [0.29, 0.717) is 6.42 Å². The zero-order valence-electron chi connectivity index (χ0n) is 15.1. The third kappa shape index (κ3) is 8.25. The van der Waals surface area contributed by atoms with Crippen molar-refractivity contribution in [2.45, 2.75) is 57.6 Å². The molecule has 0 aliphatic rings. The molecule has 0 aromatic rings. The van der Waals surface area contributed by atoms with Crippen LogP contribution in [0.25, 0.3) is 0 Å². The van der Waals surface area contributed by atoms with Gasteiger partial charge in [0, 0.05) is 13.0 Å². The fourth-order valence-electron chi connectivity index (χ4n) is 1.78. The van der Waals surface area contributed by atoms with Crippen molar-refractivity contribution in [1.82, 2.24) is 5.32 Å². The van der Waals surface area contributed by atoms with Gasteiger partial charge in [0.05, 0.1) is 17.6 Å². The summed E-state index contributed by atoms with van der Waals surface area (Å²) in [7, 11) is -5.85. The largest absolute Gasteiger partial charge is 0.373 e. The lowest BCUT2D eigenvalue weighted by Gasteiger charge is -2.31. The van der Waals surface area contributed by atoms with Crippen molar-refractivity contribution in [2.75, 3.05) is 13.2 Å². The first-order valence-electron chi connectivity index (χ1n) is 7.72. The number of terminal acetylenes is 1. The summed E-state index contributed by atoms with van der Waals surface area (Å²) in [6, 6.07) is 0. The van der Waals surface area contributed by atoms with Crippen molar-refractivity contribution in [3.63, 3.8) is 0 Å². The molecule has 0 bridgehead atoms. The SMILES string of the molecule is C#CCC(C)(C)OCC(C)(C)C(=O)NCCCC(O)(P(O)O)P(O)O. The van der Waals surface area contributed by atoms with Crippen LogP contribution in [0.15, 0.2) is 0 Å². The van der Waals surface area contributed by atoms with E-state index in [1.165, 1.54) is 0 Å². The van der Waals surface area contributed by atoms with Gasteiger partial charge in [-0.05, 0) is 40.5 Å². The van der Waals surface area contributed by atoms with Gasteiger partial charge in [-0.2, -0.15) is 0 Å². The van der Waals surface area contributed by atoms with Gasteiger partial charge in [-0.25, -0.2) is 0 Å². The molecule has 25 heavy (non-hydrogen) atoms. The molecule has 1 amide bonds. The van der Waals surface area contributed by atoms with Gasteiger partial charge in [-0.3, -0.25) is 4.79 Å². The Morgan fingerprint density at radius 1 is 1.16 bits per heavy atom. The molecule has 146 valence electrons. The van der Waals surface area contributed by atoms with Crippen LogP contribution in [0, 0.1) is 17.8 Å². The average molecular weight is 397 g/mol. The van der Waals surface area contributed by atoms with E-state index in [0.717, 1.165) is 0 Å². The highest BCUT2D eigenvalue weighted by atomic mass is 31.2. The maximum absolute atomic E-state index is 12.2. The summed E-state index contributed by atoms with van der Waals surface area (Å²) in [5, 5.41) is 10.1. The van der Waals surface area contributed by atoms with Crippen molar-refractivity contribution in [1.29, 1.82) is 0 Å². The minimum atomic E-state index is -2.93. The van der Waals surface area contributed by atoms with Gasteiger partial charge in [0.1, 0.15) is 0 Å². The monoisotopic (exact) mass is 397 g/mol. The van der Waals surface area contributed by atoms with Gasteiger partial charge in [-0.1, -0.05) is 0 Å². The molecule has 0 saturated heterocycles. The number of carbonyl (C=O) groups is 1. The summed E-state index contributed by atoms with van der Waals surface area (Å²) in [4.78, 5) is 48.7. The molecule has 0 saturated carbocycles. The summed E-state index contributed by atoms with van der Waals surface area (Å²) in [6.07, 6.45) is 5.56. The Morgan fingerprint density at radius 3 is 2.12 bits per heavy atom. The first-order valence-corrected chi connectivity index (χ1v) is 10.2. The average Bonchev–Trinajstić information content (AvgIpc) is 2.48. The third-order valence-corrected chi connectivity index (χ3v) is 6.38. The highest BCUT2D eigenvalue weighted by Gasteiger charge is 2.43. The van der Waals surface area contributed by atoms with Gasteiger partial charge >= 0.3 is 0 Å². The summed E-state index contributed by atoms with van der Waals surface area (Å²) >= 11 is 0. The minimum absolute atomic E-state index is 0.130. The Kier molecular flexibility index (Phi) is 9.96. The van der Waals surface area contributed by atoms with Crippen molar-refractivity contribution >= 4 is 22.7 Å². The molecule has 8 nitrogen and oxygen atoms in total. The quantitative estimate of drug-likeness (QED) is 0.173. The molecule has 0 rings (SSSR count). The predicted molar refractivity (Wildman–Crippen MR) is 97.2 cm³/mol. The molecule has 0 aliphatic heterocycles. The smallest absolute Gasteiger partial charge is 0.227 e. The van der Waals surface area contributed by atoms with E-state index >= 15 is 0 Å².